The van der Waals surface area contributed by atoms with Gasteiger partial charge in [0.25, 0.3) is 0 Å². The smallest absolute Gasteiger partial charge is 0.225 e. The molecule has 34 heavy (non-hydrogen) atoms. The molecule has 9 heteroatoms. The number of oxazole rings is 1. The van der Waals surface area contributed by atoms with Gasteiger partial charge in [-0.15, -0.1) is 0 Å². The van der Waals surface area contributed by atoms with Crippen molar-refractivity contribution in [3.63, 3.8) is 0 Å². The molecule has 3 fully saturated rings. The Hall–Kier alpha value is -2.42. The van der Waals surface area contributed by atoms with E-state index in [-0.39, 0.29) is 29.7 Å². The van der Waals surface area contributed by atoms with Crippen LogP contribution in [-0.2, 0) is 21.4 Å². The molecule has 1 spiro atoms. The van der Waals surface area contributed by atoms with Gasteiger partial charge in [0.2, 0.25) is 15.9 Å². The zero-order valence-corrected chi connectivity index (χ0v) is 20.2. The molecule has 1 unspecified atom stereocenters. The SMILES string of the molecule is O=C(NC1CC2(C1)CC(c1nc3cc(Cl)ccc3o1)C2)C1CN(Cc2ccccc2)S(=O)(=O)C1. The Bertz CT molecular complexity index is 1340. The van der Waals surface area contributed by atoms with E-state index in [2.05, 4.69) is 10.3 Å². The molecule has 6 rings (SSSR count). The van der Waals surface area contributed by atoms with Gasteiger partial charge in [0, 0.05) is 30.1 Å². The Morgan fingerprint density at radius 2 is 1.91 bits per heavy atom. The quantitative estimate of drug-likeness (QED) is 0.571. The monoisotopic (exact) mass is 499 g/mol. The number of rotatable bonds is 5. The highest BCUT2D eigenvalue weighted by Gasteiger charge is 2.55. The van der Waals surface area contributed by atoms with Crippen LogP contribution in [0.25, 0.3) is 11.1 Å². The summed E-state index contributed by atoms with van der Waals surface area (Å²) in [6.45, 7) is 0.549. The van der Waals surface area contributed by atoms with Crippen LogP contribution in [-0.4, -0.2) is 42.0 Å². The van der Waals surface area contributed by atoms with Crippen LogP contribution in [0.1, 0.15) is 43.1 Å². The van der Waals surface area contributed by atoms with Gasteiger partial charge in [-0.3, -0.25) is 4.79 Å². The number of benzene rings is 2. The van der Waals surface area contributed by atoms with Crippen molar-refractivity contribution >= 4 is 38.6 Å². The molecule has 1 saturated heterocycles. The van der Waals surface area contributed by atoms with Crippen LogP contribution >= 0.6 is 11.6 Å². The summed E-state index contributed by atoms with van der Waals surface area (Å²) < 4.78 is 32.5. The first-order valence-corrected chi connectivity index (χ1v) is 13.7. The van der Waals surface area contributed by atoms with Crippen LogP contribution in [0.5, 0.6) is 0 Å². The Kier molecular flexibility index (Phi) is 5.24. The molecule has 1 aliphatic heterocycles. The molecule has 0 radical (unpaired) electrons. The summed E-state index contributed by atoms with van der Waals surface area (Å²) in [7, 11) is -3.43. The van der Waals surface area contributed by atoms with Crippen LogP contribution < -0.4 is 5.32 Å². The van der Waals surface area contributed by atoms with E-state index in [4.69, 9.17) is 16.0 Å². The minimum Gasteiger partial charge on any atom is -0.440 e. The average Bonchev–Trinajstić information content (AvgIpc) is 3.29. The number of halogens is 1. The minimum atomic E-state index is -3.43. The van der Waals surface area contributed by atoms with E-state index in [9.17, 15) is 13.2 Å². The minimum absolute atomic E-state index is 0.113. The number of carbonyl (C=O) groups is 1. The fourth-order valence-corrected chi connectivity index (χ4v) is 7.77. The Labute approximate surface area is 203 Å². The maximum atomic E-state index is 12.8. The highest BCUT2D eigenvalue weighted by molar-refractivity contribution is 7.89. The lowest BCUT2D eigenvalue weighted by atomic mass is 9.50. The number of hydrogen-bond acceptors (Lipinski definition) is 5. The predicted molar refractivity (Wildman–Crippen MR) is 129 cm³/mol. The summed E-state index contributed by atoms with van der Waals surface area (Å²) in [5.74, 6) is 0.281. The molecular weight excluding hydrogens is 474 g/mol. The van der Waals surface area contributed by atoms with E-state index in [1.165, 1.54) is 4.31 Å². The van der Waals surface area contributed by atoms with Crippen LogP contribution in [0.2, 0.25) is 5.02 Å². The van der Waals surface area contributed by atoms with Crippen molar-refractivity contribution in [2.45, 2.75) is 44.2 Å². The van der Waals surface area contributed by atoms with Crippen molar-refractivity contribution in [3.8, 4) is 0 Å². The highest BCUT2D eigenvalue weighted by Crippen LogP contribution is 2.61. The molecule has 3 aromatic rings. The highest BCUT2D eigenvalue weighted by atomic mass is 35.5. The van der Waals surface area contributed by atoms with E-state index in [0.717, 1.165) is 48.2 Å². The maximum absolute atomic E-state index is 12.8. The molecule has 1 N–H and O–H groups in total. The van der Waals surface area contributed by atoms with Crippen LogP contribution in [0, 0.1) is 11.3 Å². The molecule has 2 saturated carbocycles. The second kappa shape index (κ2) is 8.07. The number of aromatic nitrogens is 1. The molecular formula is C25H26ClN3O4S. The number of hydrogen-bond donors (Lipinski definition) is 1. The first kappa shape index (κ1) is 22.1. The van der Waals surface area contributed by atoms with E-state index >= 15 is 0 Å². The van der Waals surface area contributed by atoms with Gasteiger partial charge >= 0.3 is 0 Å². The zero-order chi connectivity index (χ0) is 23.5. The number of carbonyl (C=O) groups excluding carboxylic acids is 1. The summed E-state index contributed by atoms with van der Waals surface area (Å²) in [6.07, 6.45) is 3.86. The first-order valence-electron chi connectivity index (χ1n) is 11.7. The molecule has 0 bridgehead atoms. The van der Waals surface area contributed by atoms with Gasteiger partial charge in [-0.2, -0.15) is 4.31 Å². The predicted octanol–water partition coefficient (Wildman–Crippen LogP) is 4.09. The third-order valence-corrected chi connectivity index (χ3v) is 9.70. The van der Waals surface area contributed by atoms with Gasteiger partial charge < -0.3 is 9.73 Å². The number of sulfonamides is 1. The van der Waals surface area contributed by atoms with Gasteiger partial charge in [0.15, 0.2) is 11.5 Å². The van der Waals surface area contributed by atoms with E-state index in [1.54, 1.807) is 6.07 Å². The lowest BCUT2D eigenvalue weighted by molar-refractivity contribution is -0.128. The second-order valence-electron chi connectivity index (χ2n) is 10.1. The van der Waals surface area contributed by atoms with Crippen LogP contribution in [0.4, 0.5) is 0 Å². The van der Waals surface area contributed by atoms with Crippen LogP contribution in [0.15, 0.2) is 52.9 Å². The molecule has 1 amide bonds. The van der Waals surface area contributed by atoms with E-state index in [0.29, 0.717) is 17.5 Å². The van der Waals surface area contributed by atoms with Crippen molar-refractivity contribution in [2.75, 3.05) is 12.3 Å². The third kappa shape index (κ3) is 4.01. The summed E-state index contributed by atoms with van der Waals surface area (Å²) >= 11 is 6.04. The number of nitrogens with one attached hydrogen (secondary N) is 1. The average molecular weight is 500 g/mol. The summed E-state index contributed by atoms with van der Waals surface area (Å²) in [4.78, 5) is 17.4. The molecule has 2 aliphatic carbocycles. The molecule has 178 valence electrons. The second-order valence-corrected chi connectivity index (χ2v) is 12.6. The fraction of sp³-hybridized carbons (Fsp3) is 0.440. The Balaban J connectivity index is 1.01. The van der Waals surface area contributed by atoms with Crippen molar-refractivity contribution in [2.24, 2.45) is 11.3 Å². The van der Waals surface area contributed by atoms with Gasteiger partial charge in [0.1, 0.15) is 5.52 Å². The van der Waals surface area contributed by atoms with E-state index < -0.39 is 15.9 Å². The Morgan fingerprint density at radius 3 is 2.68 bits per heavy atom. The van der Waals surface area contributed by atoms with E-state index in [1.807, 2.05) is 42.5 Å². The van der Waals surface area contributed by atoms with Gasteiger partial charge in [-0.25, -0.2) is 13.4 Å². The molecule has 2 aromatic carbocycles. The fourth-order valence-electron chi connectivity index (χ4n) is 5.87. The normalized spacial score (nSPS) is 30.2. The van der Waals surface area contributed by atoms with Gasteiger partial charge in [0.05, 0.1) is 11.7 Å². The summed E-state index contributed by atoms with van der Waals surface area (Å²) in [5, 5.41) is 3.75. The molecule has 3 aliphatic rings. The summed E-state index contributed by atoms with van der Waals surface area (Å²) in [6, 6.07) is 15.1. The lowest BCUT2D eigenvalue weighted by Crippen LogP contribution is -2.56. The molecule has 7 nitrogen and oxygen atoms in total. The number of fused-ring (bicyclic) bond motifs is 1. The molecule has 2 heterocycles. The van der Waals surface area contributed by atoms with Crippen molar-refractivity contribution in [3.05, 3.63) is 65.0 Å². The van der Waals surface area contributed by atoms with Gasteiger partial charge in [-0.1, -0.05) is 41.9 Å². The lowest BCUT2D eigenvalue weighted by Gasteiger charge is -2.57. The topological polar surface area (TPSA) is 92.5 Å². The maximum Gasteiger partial charge on any atom is 0.225 e. The molecule has 1 atom stereocenters. The zero-order valence-electron chi connectivity index (χ0n) is 18.6. The largest absolute Gasteiger partial charge is 0.440 e. The third-order valence-electron chi connectivity index (χ3n) is 7.58. The molecule has 1 aromatic heterocycles. The first-order chi connectivity index (χ1) is 16.3. The van der Waals surface area contributed by atoms with Crippen molar-refractivity contribution < 1.29 is 17.6 Å². The van der Waals surface area contributed by atoms with Crippen molar-refractivity contribution in [1.82, 2.24) is 14.6 Å². The number of amides is 1. The summed E-state index contributed by atoms with van der Waals surface area (Å²) in [5.41, 5.74) is 2.71. The standard InChI is InChI=1S/C25H26ClN3O4S/c26-19-6-7-22-21(8-19)28-24(33-22)17-9-25(10-17)11-20(12-25)27-23(30)18-14-29(34(31,32)15-18)13-16-4-2-1-3-5-16/h1-8,17-18,20H,9-15H2,(H,27,30). The van der Waals surface area contributed by atoms with Gasteiger partial charge in [-0.05, 0) is 54.9 Å². The number of nitrogens with zero attached hydrogens (tertiary/aromatic N) is 2. The van der Waals surface area contributed by atoms with Crippen LogP contribution in [0.3, 0.4) is 0 Å². The van der Waals surface area contributed by atoms with Crippen molar-refractivity contribution in [1.29, 1.82) is 0 Å². The Morgan fingerprint density at radius 1 is 1.15 bits per heavy atom.